The van der Waals surface area contributed by atoms with Crippen LogP contribution in [0.2, 0.25) is 10.0 Å². The van der Waals surface area contributed by atoms with Gasteiger partial charge in [-0.15, -0.1) is 0 Å². The molecule has 0 aliphatic carbocycles. The van der Waals surface area contributed by atoms with Crippen molar-refractivity contribution >= 4 is 44.8 Å². The monoisotopic (exact) mass is 375 g/mol. The summed E-state index contributed by atoms with van der Waals surface area (Å²) in [6, 6.07) is 10.2. The van der Waals surface area contributed by atoms with Gasteiger partial charge in [0.2, 0.25) is 0 Å². The number of hydrogen-bond donors (Lipinski definition) is 1. The topological polar surface area (TPSA) is 12.0 Å². The van der Waals surface area contributed by atoms with E-state index < -0.39 is 0 Å². The summed E-state index contributed by atoms with van der Waals surface area (Å²) in [6.07, 6.45) is 0.775. The van der Waals surface area contributed by atoms with Crippen LogP contribution in [-0.4, -0.2) is 0 Å². The molecule has 0 aromatic heterocycles. The molecule has 0 aliphatic heterocycles. The fraction of sp³-hybridized carbons (Fsp3) is 0.200. The largest absolute Gasteiger partial charge is 0.376 e. The van der Waals surface area contributed by atoms with Crippen molar-refractivity contribution in [2.75, 3.05) is 5.32 Å². The minimum absolute atomic E-state index is 0.0737. The molecule has 0 heterocycles. The normalized spacial score (nSPS) is 12.2. The Morgan fingerprint density at radius 3 is 2.55 bits per heavy atom. The molecule has 2 aromatic rings. The van der Waals surface area contributed by atoms with Crippen LogP contribution in [0.3, 0.4) is 0 Å². The molecular formula is C15H13BrCl2FN. The van der Waals surface area contributed by atoms with Crippen molar-refractivity contribution in [1.82, 2.24) is 0 Å². The van der Waals surface area contributed by atoms with Gasteiger partial charge in [0.15, 0.2) is 0 Å². The highest BCUT2D eigenvalue weighted by atomic mass is 79.9. The molecule has 0 saturated carbocycles. The van der Waals surface area contributed by atoms with E-state index in [9.17, 15) is 4.39 Å². The maximum absolute atomic E-state index is 13.9. The van der Waals surface area contributed by atoms with Gasteiger partial charge in [0, 0.05) is 14.5 Å². The lowest BCUT2D eigenvalue weighted by Gasteiger charge is -2.20. The summed E-state index contributed by atoms with van der Waals surface area (Å²) in [5, 5.41) is 4.34. The molecule has 20 heavy (non-hydrogen) atoms. The highest BCUT2D eigenvalue weighted by Crippen LogP contribution is 2.31. The van der Waals surface area contributed by atoms with E-state index in [2.05, 4.69) is 21.2 Å². The van der Waals surface area contributed by atoms with Crippen LogP contribution in [0.15, 0.2) is 40.9 Å². The number of nitrogens with one attached hydrogen (secondary N) is 1. The summed E-state index contributed by atoms with van der Waals surface area (Å²) in [4.78, 5) is 0. The summed E-state index contributed by atoms with van der Waals surface area (Å²) >= 11 is 15.3. The van der Waals surface area contributed by atoms with Crippen molar-refractivity contribution in [3.05, 3.63) is 62.3 Å². The van der Waals surface area contributed by atoms with E-state index in [0.717, 1.165) is 12.0 Å². The van der Waals surface area contributed by atoms with E-state index in [1.165, 1.54) is 6.07 Å². The third-order valence-electron chi connectivity index (χ3n) is 3.01. The first-order chi connectivity index (χ1) is 9.51. The van der Waals surface area contributed by atoms with Crippen molar-refractivity contribution in [2.45, 2.75) is 19.4 Å². The van der Waals surface area contributed by atoms with Gasteiger partial charge in [0.05, 0.1) is 11.7 Å². The van der Waals surface area contributed by atoms with Gasteiger partial charge in [-0.25, -0.2) is 4.39 Å². The molecule has 5 heteroatoms. The first-order valence-corrected chi connectivity index (χ1v) is 7.72. The zero-order chi connectivity index (χ0) is 14.7. The summed E-state index contributed by atoms with van der Waals surface area (Å²) < 4.78 is 14.6. The predicted octanol–water partition coefficient (Wildman–Crippen LogP) is 6.46. The fourth-order valence-corrected chi connectivity index (χ4v) is 2.85. The molecule has 0 spiro atoms. The van der Waals surface area contributed by atoms with Gasteiger partial charge in [-0.05, 0) is 42.3 Å². The quantitative estimate of drug-likeness (QED) is 0.645. The summed E-state index contributed by atoms with van der Waals surface area (Å²) in [5.41, 5.74) is 1.35. The number of benzene rings is 2. The second-order valence-electron chi connectivity index (χ2n) is 4.40. The fourth-order valence-electron chi connectivity index (χ4n) is 1.98. The SMILES string of the molecule is CCC(Nc1ccc(Br)cc1F)c1ccc(Cl)cc1Cl. The highest BCUT2D eigenvalue weighted by molar-refractivity contribution is 9.10. The maximum atomic E-state index is 13.9. The Morgan fingerprint density at radius 1 is 1.20 bits per heavy atom. The lowest BCUT2D eigenvalue weighted by molar-refractivity contribution is 0.623. The molecule has 106 valence electrons. The zero-order valence-corrected chi connectivity index (χ0v) is 13.9. The van der Waals surface area contributed by atoms with Crippen molar-refractivity contribution in [3.63, 3.8) is 0 Å². The molecule has 2 aromatic carbocycles. The maximum Gasteiger partial charge on any atom is 0.147 e. The van der Waals surface area contributed by atoms with Crippen molar-refractivity contribution in [2.24, 2.45) is 0 Å². The van der Waals surface area contributed by atoms with Gasteiger partial charge in [0.25, 0.3) is 0 Å². The van der Waals surface area contributed by atoms with Gasteiger partial charge < -0.3 is 5.32 Å². The summed E-state index contributed by atoms with van der Waals surface area (Å²) in [5.74, 6) is -0.303. The predicted molar refractivity (Wildman–Crippen MR) is 87.2 cm³/mol. The Hall–Kier alpha value is -0.770. The minimum Gasteiger partial charge on any atom is -0.376 e. The Balaban J connectivity index is 2.28. The van der Waals surface area contributed by atoms with Gasteiger partial charge in [-0.1, -0.05) is 52.1 Å². The average molecular weight is 377 g/mol. The van der Waals surface area contributed by atoms with Crippen LogP contribution in [0.25, 0.3) is 0 Å². The van der Waals surface area contributed by atoms with E-state index in [1.54, 1.807) is 24.3 Å². The van der Waals surface area contributed by atoms with E-state index >= 15 is 0 Å². The number of anilines is 1. The van der Waals surface area contributed by atoms with Gasteiger partial charge in [0.1, 0.15) is 5.82 Å². The standard InChI is InChI=1S/C15H13BrCl2FN/c1-2-14(11-5-4-10(17)8-12(11)18)20-15-6-3-9(16)7-13(15)19/h3-8,14,20H,2H2,1H3. The first-order valence-electron chi connectivity index (χ1n) is 6.17. The number of halogens is 4. The van der Waals surface area contributed by atoms with E-state index in [0.29, 0.717) is 20.2 Å². The molecule has 1 atom stereocenters. The Labute approximate surface area is 136 Å². The van der Waals surface area contributed by atoms with Crippen molar-refractivity contribution < 1.29 is 4.39 Å². The smallest absolute Gasteiger partial charge is 0.147 e. The van der Waals surface area contributed by atoms with Gasteiger partial charge in [-0.3, -0.25) is 0 Å². The lowest BCUT2D eigenvalue weighted by atomic mass is 10.0. The second-order valence-corrected chi connectivity index (χ2v) is 6.15. The molecule has 1 nitrogen and oxygen atoms in total. The van der Waals surface area contributed by atoms with E-state index in [1.807, 2.05) is 13.0 Å². The molecule has 0 radical (unpaired) electrons. The molecular weight excluding hydrogens is 364 g/mol. The van der Waals surface area contributed by atoms with Gasteiger partial charge >= 0.3 is 0 Å². The number of hydrogen-bond acceptors (Lipinski definition) is 1. The molecule has 0 fully saturated rings. The molecule has 0 saturated heterocycles. The van der Waals surface area contributed by atoms with Crippen LogP contribution in [-0.2, 0) is 0 Å². The highest BCUT2D eigenvalue weighted by Gasteiger charge is 2.15. The summed E-state index contributed by atoms with van der Waals surface area (Å²) in [7, 11) is 0. The molecule has 0 bridgehead atoms. The van der Waals surface area contributed by atoms with Crippen molar-refractivity contribution in [1.29, 1.82) is 0 Å². The van der Waals surface area contributed by atoms with Crippen molar-refractivity contribution in [3.8, 4) is 0 Å². The molecule has 0 aliphatic rings. The Bertz CT molecular complexity index is 619. The molecule has 1 unspecified atom stereocenters. The van der Waals surface area contributed by atoms with Crippen LogP contribution in [0.5, 0.6) is 0 Å². The Kier molecular flexibility index (Phi) is 5.30. The lowest BCUT2D eigenvalue weighted by Crippen LogP contribution is -2.11. The van der Waals surface area contributed by atoms with E-state index in [4.69, 9.17) is 23.2 Å². The molecule has 1 N–H and O–H groups in total. The zero-order valence-electron chi connectivity index (χ0n) is 10.8. The van der Waals surface area contributed by atoms with Crippen LogP contribution in [0.1, 0.15) is 24.9 Å². The molecule has 2 rings (SSSR count). The minimum atomic E-state index is -0.303. The molecule has 0 amide bonds. The van der Waals surface area contributed by atoms with Crippen LogP contribution in [0, 0.1) is 5.82 Å². The van der Waals surface area contributed by atoms with E-state index in [-0.39, 0.29) is 11.9 Å². The third-order valence-corrected chi connectivity index (χ3v) is 4.06. The second kappa shape index (κ2) is 6.79. The van der Waals surface area contributed by atoms with Crippen LogP contribution >= 0.6 is 39.1 Å². The Morgan fingerprint density at radius 2 is 1.95 bits per heavy atom. The number of rotatable bonds is 4. The van der Waals surface area contributed by atoms with Crippen LogP contribution < -0.4 is 5.32 Å². The average Bonchev–Trinajstić information content (AvgIpc) is 2.39. The first kappa shape index (κ1) is 15.6. The third kappa shape index (κ3) is 3.66. The van der Waals surface area contributed by atoms with Gasteiger partial charge in [-0.2, -0.15) is 0 Å². The summed E-state index contributed by atoms with van der Waals surface area (Å²) in [6.45, 7) is 2.01. The van der Waals surface area contributed by atoms with Crippen LogP contribution in [0.4, 0.5) is 10.1 Å².